The molecule has 0 spiro atoms. The van der Waals surface area contributed by atoms with Crippen LogP contribution in [0.2, 0.25) is 0 Å². The fourth-order valence-corrected chi connectivity index (χ4v) is 7.95. The Balaban J connectivity index is 1.95. The summed E-state index contributed by atoms with van der Waals surface area (Å²) in [5.41, 5.74) is 36.0. The molecule has 0 heterocycles. The molecule has 0 saturated carbocycles. The van der Waals surface area contributed by atoms with Crippen LogP contribution in [-0.2, 0) is 25.7 Å². The third-order valence-electron chi connectivity index (χ3n) is 10.6. The number of nitrogens with two attached hydrogens (primary N) is 4. The molecule has 12 heteroatoms. The second-order valence-electron chi connectivity index (χ2n) is 15.5. The molecule has 4 aromatic rings. The van der Waals surface area contributed by atoms with Crippen molar-refractivity contribution in [1.29, 1.82) is 0 Å². The van der Waals surface area contributed by atoms with Gasteiger partial charge in [0, 0.05) is 47.9 Å². The van der Waals surface area contributed by atoms with E-state index in [-0.39, 0.29) is 20.0 Å². The highest BCUT2D eigenvalue weighted by Gasteiger charge is 2.25. The summed E-state index contributed by atoms with van der Waals surface area (Å²) in [4.78, 5) is 1.12. The van der Waals surface area contributed by atoms with Gasteiger partial charge in [0.1, 0.15) is 43.0 Å². The summed E-state index contributed by atoms with van der Waals surface area (Å²) in [6.07, 6.45) is 9.09. The fourth-order valence-electron chi connectivity index (χ4n) is 7.47. The number of benzene rings is 4. The van der Waals surface area contributed by atoms with E-state index in [1.807, 2.05) is 48.5 Å². The van der Waals surface area contributed by atoms with Crippen LogP contribution in [0.1, 0.15) is 146 Å². The zero-order valence-electron chi connectivity index (χ0n) is 35.5. The SMILES string of the molecule is CCCCOc1c2cc(C(N)=S)cc1Cc1cc(C(N)=S)cc(c1OCCCC)Cc1cc(C(N)=S)cc(c1OCCCC)Cc1cc(C(N)=S)cc(c1OCCCC)C2. The lowest BCUT2D eigenvalue weighted by Gasteiger charge is -2.25. The quantitative estimate of drug-likeness (QED) is 0.0437. The maximum absolute atomic E-state index is 6.79. The molecule has 0 unspecified atom stereocenters. The third kappa shape index (κ3) is 11.9. The Kier molecular flexibility index (Phi) is 17.5. The topological polar surface area (TPSA) is 141 Å². The fraction of sp³-hybridized carbons (Fsp3) is 0.417. The van der Waals surface area contributed by atoms with Gasteiger partial charge in [-0.05, 0) is 119 Å². The standard InChI is InChI=1S/C48H60N4O4S4/c1-5-9-13-53-41-29-17-31-23-38(46(50)58)25-33(42(31)54-14-10-6-2)19-35-27-40(48(52)60)28-36(44(35)56-16-12-8-4)20-34-26-39(47(51)59)24-32(43(34)55-15-11-7-3)18-30(41)22-37(21-29)45(49)57/h21-28H,5-20H2,1-4H3,(H2,49,57)(H2,50,58)(H2,51,59)(H2,52,60). The van der Waals surface area contributed by atoms with Gasteiger partial charge >= 0.3 is 0 Å². The number of fused-ring (bicyclic) bond motifs is 8. The van der Waals surface area contributed by atoms with E-state index in [1.165, 1.54) is 0 Å². The average molecular weight is 885 g/mol. The molecule has 8 nitrogen and oxygen atoms in total. The lowest BCUT2D eigenvalue weighted by molar-refractivity contribution is 0.297. The number of hydrogen-bond donors (Lipinski definition) is 4. The zero-order valence-corrected chi connectivity index (χ0v) is 38.8. The Morgan fingerprint density at radius 2 is 0.533 bits per heavy atom. The normalized spacial score (nSPS) is 12.1. The lowest BCUT2D eigenvalue weighted by Crippen LogP contribution is -2.17. The van der Waals surface area contributed by atoms with Gasteiger partial charge in [-0.2, -0.15) is 0 Å². The molecule has 0 fully saturated rings. The molecule has 1 aliphatic carbocycles. The van der Waals surface area contributed by atoms with Gasteiger partial charge in [-0.1, -0.05) is 102 Å². The average Bonchev–Trinajstić information content (AvgIpc) is 3.20. The van der Waals surface area contributed by atoms with Crippen molar-refractivity contribution in [2.45, 2.75) is 105 Å². The number of thiocarbonyl (C=S) groups is 4. The Bertz CT molecular complexity index is 1820. The summed E-state index contributed by atoms with van der Waals surface area (Å²) < 4.78 is 27.2. The maximum atomic E-state index is 6.79. The monoisotopic (exact) mass is 884 g/mol. The predicted molar refractivity (Wildman–Crippen MR) is 262 cm³/mol. The van der Waals surface area contributed by atoms with Crippen molar-refractivity contribution in [2.24, 2.45) is 22.9 Å². The van der Waals surface area contributed by atoms with E-state index in [9.17, 15) is 0 Å². The third-order valence-corrected chi connectivity index (χ3v) is 11.6. The smallest absolute Gasteiger partial charge is 0.126 e. The molecule has 320 valence electrons. The first-order valence-electron chi connectivity index (χ1n) is 21.2. The highest BCUT2D eigenvalue weighted by atomic mass is 32.1. The van der Waals surface area contributed by atoms with Crippen molar-refractivity contribution in [3.8, 4) is 23.0 Å². The molecule has 0 atom stereocenters. The van der Waals surface area contributed by atoms with Crippen molar-refractivity contribution in [2.75, 3.05) is 26.4 Å². The number of rotatable bonds is 20. The largest absolute Gasteiger partial charge is 0.493 e. The predicted octanol–water partition coefficient (Wildman–Crippen LogP) is 9.62. The van der Waals surface area contributed by atoms with E-state index in [0.717, 1.165) is 141 Å². The van der Waals surface area contributed by atoms with Crippen LogP contribution in [0.5, 0.6) is 23.0 Å². The number of unbranched alkanes of at least 4 members (excludes halogenated alkanes) is 4. The van der Waals surface area contributed by atoms with Crippen molar-refractivity contribution < 1.29 is 18.9 Å². The highest BCUT2D eigenvalue weighted by molar-refractivity contribution is 7.81. The van der Waals surface area contributed by atoms with Crippen LogP contribution in [-0.4, -0.2) is 46.4 Å². The number of ether oxygens (including phenoxy) is 4. The maximum Gasteiger partial charge on any atom is 0.126 e. The van der Waals surface area contributed by atoms with Crippen molar-refractivity contribution in [3.63, 3.8) is 0 Å². The molecule has 60 heavy (non-hydrogen) atoms. The molecule has 5 rings (SSSR count). The molecular formula is C48H60N4O4S4. The first-order chi connectivity index (χ1) is 28.9. The minimum absolute atomic E-state index is 0.281. The Hall–Kier alpha value is -4.36. The molecule has 0 saturated heterocycles. The first-order valence-corrected chi connectivity index (χ1v) is 22.9. The minimum atomic E-state index is 0.281. The van der Waals surface area contributed by atoms with E-state index in [2.05, 4.69) is 27.7 Å². The summed E-state index contributed by atoms with van der Waals surface area (Å²) in [6, 6.07) is 16.3. The Morgan fingerprint density at radius 1 is 0.367 bits per heavy atom. The molecule has 0 radical (unpaired) electrons. The first kappa shape index (κ1) is 46.7. The molecule has 0 aliphatic heterocycles. The van der Waals surface area contributed by atoms with Crippen molar-refractivity contribution in [3.05, 3.63) is 115 Å². The second kappa shape index (κ2) is 22.5. The van der Waals surface area contributed by atoms with Crippen LogP contribution in [0, 0.1) is 0 Å². The minimum Gasteiger partial charge on any atom is -0.493 e. The van der Waals surface area contributed by atoms with Gasteiger partial charge < -0.3 is 41.9 Å². The van der Waals surface area contributed by atoms with Gasteiger partial charge in [0.05, 0.1) is 26.4 Å². The molecular weight excluding hydrogens is 825 g/mol. The summed E-state index contributed by atoms with van der Waals surface area (Å²) in [5.74, 6) is 3.04. The zero-order chi connectivity index (χ0) is 43.3. The molecule has 0 aromatic heterocycles. The van der Waals surface area contributed by atoms with Crippen LogP contribution in [0.15, 0.2) is 48.5 Å². The molecule has 8 bridgehead atoms. The molecule has 8 N–H and O–H groups in total. The van der Waals surface area contributed by atoms with Gasteiger partial charge in [0.2, 0.25) is 0 Å². The number of hydrogen-bond acceptors (Lipinski definition) is 8. The van der Waals surface area contributed by atoms with Crippen LogP contribution < -0.4 is 41.9 Å². The van der Waals surface area contributed by atoms with Gasteiger partial charge in [-0.3, -0.25) is 0 Å². The second-order valence-corrected chi connectivity index (χ2v) is 17.2. The van der Waals surface area contributed by atoms with Crippen LogP contribution in [0.4, 0.5) is 0 Å². The summed E-state index contributed by atoms with van der Waals surface area (Å²) in [6.45, 7) is 10.7. The molecule has 1 aliphatic rings. The van der Waals surface area contributed by atoms with E-state index >= 15 is 0 Å². The molecule has 4 aromatic carbocycles. The van der Waals surface area contributed by atoms with Crippen LogP contribution >= 0.6 is 48.9 Å². The summed E-state index contributed by atoms with van der Waals surface area (Å²) >= 11 is 22.6. The summed E-state index contributed by atoms with van der Waals surface area (Å²) in [5, 5.41) is 0. The Labute approximate surface area is 378 Å². The van der Waals surface area contributed by atoms with Crippen LogP contribution in [0.25, 0.3) is 0 Å². The molecule has 0 amide bonds. The highest BCUT2D eigenvalue weighted by Crippen LogP contribution is 2.41. The Morgan fingerprint density at radius 3 is 0.667 bits per heavy atom. The van der Waals surface area contributed by atoms with Crippen molar-refractivity contribution in [1.82, 2.24) is 0 Å². The van der Waals surface area contributed by atoms with Crippen molar-refractivity contribution >= 4 is 68.8 Å². The summed E-state index contributed by atoms with van der Waals surface area (Å²) in [7, 11) is 0. The van der Waals surface area contributed by atoms with Crippen LogP contribution in [0.3, 0.4) is 0 Å². The van der Waals surface area contributed by atoms with E-state index in [1.54, 1.807) is 0 Å². The van der Waals surface area contributed by atoms with E-state index < -0.39 is 0 Å². The van der Waals surface area contributed by atoms with E-state index in [0.29, 0.717) is 52.1 Å². The van der Waals surface area contributed by atoms with Gasteiger partial charge in [-0.25, -0.2) is 0 Å². The van der Waals surface area contributed by atoms with Gasteiger partial charge in [0.25, 0.3) is 0 Å². The van der Waals surface area contributed by atoms with Gasteiger partial charge in [0.15, 0.2) is 0 Å². The van der Waals surface area contributed by atoms with E-state index in [4.69, 9.17) is 90.8 Å². The van der Waals surface area contributed by atoms with Gasteiger partial charge in [-0.15, -0.1) is 0 Å². The lowest BCUT2D eigenvalue weighted by atomic mass is 9.88.